The Morgan fingerprint density at radius 3 is 2.56 bits per heavy atom. The summed E-state index contributed by atoms with van der Waals surface area (Å²) < 4.78 is 5.44. The minimum atomic E-state index is 0.0567. The minimum absolute atomic E-state index is 0.0567. The van der Waals surface area contributed by atoms with Crippen molar-refractivity contribution in [1.82, 2.24) is 5.32 Å². The van der Waals surface area contributed by atoms with Gasteiger partial charge in [-0.1, -0.05) is 30.1 Å². The zero-order valence-corrected chi connectivity index (χ0v) is 11.3. The van der Waals surface area contributed by atoms with Crippen molar-refractivity contribution < 1.29 is 4.74 Å². The molecule has 16 heavy (non-hydrogen) atoms. The second-order valence-corrected chi connectivity index (χ2v) is 4.46. The maximum atomic E-state index is 6.17. The van der Waals surface area contributed by atoms with Crippen LogP contribution in [0.2, 0.25) is 10.0 Å². The summed E-state index contributed by atoms with van der Waals surface area (Å²) in [7, 11) is 3.60. The summed E-state index contributed by atoms with van der Waals surface area (Å²) >= 11 is 12.2. The summed E-state index contributed by atoms with van der Waals surface area (Å²) in [6.07, 6.45) is 0.992. The predicted molar refractivity (Wildman–Crippen MR) is 69.4 cm³/mol. The van der Waals surface area contributed by atoms with Gasteiger partial charge >= 0.3 is 0 Å². The molecule has 90 valence electrons. The lowest BCUT2D eigenvalue weighted by atomic mass is 9.99. The van der Waals surface area contributed by atoms with Crippen molar-refractivity contribution in [1.29, 1.82) is 0 Å². The molecule has 2 atom stereocenters. The van der Waals surface area contributed by atoms with E-state index in [4.69, 9.17) is 27.9 Å². The van der Waals surface area contributed by atoms with Crippen LogP contribution in [0, 0.1) is 0 Å². The van der Waals surface area contributed by atoms with E-state index in [1.165, 1.54) is 0 Å². The SMILES string of the molecule is CCC(OC)C(NC)c1cc(Cl)ccc1Cl. The molecular weight excluding hydrogens is 245 g/mol. The first kappa shape index (κ1) is 13.8. The number of rotatable bonds is 5. The van der Waals surface area contributed by atoms with Gasteiger partial charge in [-0.3, -0.25) is 0 Å². The third-order valence-electron chi connectivity index (χ3n) is 2.68. The van der Waals surface area contributed by atoms with Gasteiger partial charge in [0.1, 0.15) is 0 Å². The van der Waals surface area contributed by atoms with E-state index in [1.54, 1.807) is 13.2 Å². The maximum absolute atomic E-state index is 6.17. The highest BCUT2D eigenvalue weighted by atomic mass is 35.5. The van der Waals surface area contributed by atoms with Crippen LogP contribution in [0.1, 0.15) is 24.9 Å². The molecule has 0 aliphatic heterocycles. The van der Waals surface area contributed by atoms with Gasteiger partial charge < -0.3 is 10.1 Å². The highest BCUT2D eigenvalue weighted by Crippen LogP contribution is 2.29. The average molecular weight is 262 g/mol. The zero-order chi connectivity index (χ0) is 12.1. The van der Waals surface area contributed by atoms with Crippen molar-refractivity contribution in [3.8, 4) is 0 Å². The number of hydrogen-bond acceptors (Lipinski definition) is 2. The Labute approximate surface area is 107 Å². The van der Waals surface area contributed by atoms with Crippen molar-refractivity contribution in [2.24, 2.45) is 0 Å². The molecule has 1 N–H and O–H groups in total. The molecule has 0 heterocycles. The van der Waals surface area contributed by atoms with Crippen LogP contribution in [0.4, 0.5) is 0 Å². The lowest BCUT2D eigenvalue weighted by Crippen LogP contribution is -2.30. The predicted octanol–water partition coefficient (Wildman–Crippen LogP) is 3.68. The molecule has 0 saturated heterocycles. The van der Waals surface area contributed by atoms with E-state index < -0.39 is 0 Å². The average Bonchev–Trinajstić information content (AvgIpc) is 2.29. The molecule has 1 aromatic carbocycles. The van der Waals surface area contributed by atoms with Crippen LogP contribution in [0.3, 0.4) is 0 Å². The largest absolute Gasteiger partial charge is 0.379 e. The van der Waals surface area contributed by atoms with Crippen LogP contribution in [0.15, 0.2) is 18.2 Å². The molecule has 0 amide bonds. The van der Waals surface area contributed by atoms with Crippen LogP contribution in [-0.2, 0) is 4.74 Å². The molecule has 4 heteroatoms. The van der Waals surface area contributed by atoms with Gasteiger partial charge in [-0.25, -0.2) is 0 Å². The van der Waals surface area contributed by atoms with E-state index in [2.05, 4.69) is 12.2 Å². The number of methoxy groups -OCH3 is 1. The van der Waals surface area contributed by atoms with Crippen molar-refractivity contribution in [2.75, 3.05) is 14.2 Å². The highest BCUT2D eigenvalue weighted by molar-refractivity contribution is 6.33. The summed E-state index contributed by atoms with van der Waals surface area (Å²) in [6, 6.07) is 5.54. The van der Waals surface area contributed by atoms with E-state index in [0.717, 1.165) is 12.0 Å². The molecule has 2 nitrogen and oxygen atoms in total. The quantitative estimate of drug-likeness (QED) is 0.874. The lowest BCUT2D eigenvalue weighted by molar-refractivity contribution is 0.0676. The van der Waals surface area contributed by atoms with Crippen LogP contribution in [-0.4, -0.2) is 20.3 Å². The Bertz CT molecular complexity index is 340. The summed E-state index contributed by atoms with van der Waals surface area (Å²) in [5.41, 5.74) is 0.977. The van der Waals surface area contributed by atoms with E-state index in [9.17, 15) is 0 Å². The van der Waals surface area contributed by atoms with Crippen molar-refractivity contribution >= 4 is 23.2 Å². The number of benzene rings is 1. The Kier molecular flexibility index (Phi) is 5.56. The number of nitrogens with one attached hydrogen (secondary N) is 1. The van der Waals surface area contributed by atoms with Gasteiger partial charge in [0, 0.05) is 17.2 Å². The molecule has 1 aromatic rings. The normalized spacial score (nSPS) is 14.8. The van der Waals surface area contributed by atoms with Crippen molar-refractivity contribution in [3.05, 3.63) is 33.8 Å². The molecule has 0 fully saturated rings. The van der Waals surface area contributed by atoms with E-state index >= 15 is 0 Å². The van der Waals surface area contributed by atoms with Crippen molar-refractivity contribution in [2.45, 2.75) is 25.5 Å². The van der Waals surface area contributed by atoms with Gasteiger partial charge in [0.05, 0.1) is 12.1 Å². The molecule has 0 spiro atoms. The van der Waals surface area contributed by atoms with E-state index in [0.29, 0.717) is 10.0 Å². The van der Waals surface area contributed by atoms with Crippen LogP contribution in [0.5, 0.6) is 0 Å². The monoisotopic (exact) mass is 261 g/mol. The molecule has 0 saturated carbocycles. The molecular formula is C12H17Cl2NO. The fourth-order valence-corrected chi connectivity index (χ4v) is 2.25. The third kappa shape index (κ3) is 3.11. The first-order chi connectivity index (χ1) is 7.63. The lowest BCUT2D eigenvalue weighted by Gasteiger charge is -2.26. The van der Waals surface area contributed by atoms with Crippen molar-refractivity contribution in [3.63, 3.8) is 0 Å². The maximum Gasteiger partial charge on any atom is 0.0763 e. The molecule has 0 aliphatic rings. The summed E-state index contributed by atoms with van der Waals surface area (Å²) in [4.78, 5) is 0. The number of likely N-dealkylation sites (N-methyl/N-ethyl adjacent to an activating group) is 1. The second kappa shape index (κ2) is 6.45. The van der Waals surface area contributed by atoms with Gasteiger partial charge in [0.2, 0.25) is 0 Å². The Morgan fingerprint density at radius 2 is 2.06 bits per heavy atom. The van der Waals surface area contributed by atoms with Gasteiger partial charge in [0.15, 0.2) is 0 Å². The smallest absolute Gasteiger partial charge is 0.0763 e. The molecule has 0 radical (unpaired) electrons. The number of ether oxygens (including phenoxy) is 1. The topological polar surface area (TPSA) is 21.3 Å². The second-order valence-electron chi connectivity index (χ2n) is 3.61. The summed E-state index contributed by atoms with van der Waals surface area (Å²) in [5, 5.41) is 4.61. The zero-order valence-electron chi connectivity index (χ0n) is 9.76. The van der Waals surface area contributed by atoms with Gasteiger partial charge in [-0.2, -0.15) is 0 Å². The number of hydrogen-bond donors (Lipinski definition) is 1. The molecule has 0 aliphatic carbocycles. The number of halogens is 2. The van der Waals surface area contributed by atoms with E-state index in [1.807, 2.05) is 19.2 Å². The van der Waals surface area contributed by atoms with Gasteiger partial charge in [-0.15, -0.1) is 0 Å². The molecule has 2 unspecified atom stereocenters. The van der Waals surface area contributed by atoms with Gasteiger partial charge in [0.25, 0.3) is 0 Å². The summed E-state index contributed by atoms with van der Waals surface area (Å²) in [6.45, 7) is 2.08. The van der Waals surface area contributed by atoms with Crippen LogP contribution >= 0.6 is 23.2 Å². The van der Waals surface area contributed by atoms with Gasteiger partial charge in [-0.05, 0) is 37.2 Å². The Morgan fingerprint density at radius 1 is 1.38 bits per heavy atom. The first-order valence-electron chi connectivity index (χ1n) is 5.29. The molecule has 1 rings (SSSR count). The fraction of sp³-hybridized carbons (Fsp3) is 0.500. The standard InChI is InChI=1S/C12H17Cl2NO/c1-4-11(16-3)12(15-2)9-7-8(13)5-6-10(9)14/h5-7,11-12,15H,4H2,1-3H3. The summed E-state index contributed by atoms with van der Waals surface area (Å²) in [5.74, 6) is 0. The molecule has 0 aromatic heterocycles. The minimum Gasteiger partial charge on any atom is -0.379 e. The van der Waals surface area contributed by atoms with Crippen LogP contribution in [0.25, 0.3) is 0 Å². The van der Waals surface area contributed by atoms with E-state index in [-0.39, 0.29) is 12.1 Å². The molecule has 0 bridgehead atoms. The fourth-order valence-electron chi connectivity index (χ4n) is 1.83. The first-order valence-corrected chi connectivity index (χ1v) is 6.04. The highest BCUT2D eigenvalue weighted by Gasteiger charge is 2.22. The Hall–Kier alpha value is -0.280. The third-order valence-corrected chi connectivity index (χ3v) is 3.26. The van der Waals surface area contributed by atoms with Crippen LogP contribution < -0.4 is 5.32 Å². The Balaban J connectivity index is 3.06.